The predicted octanol–water partition coefficient (Wildman–Crippen LogP) is 2.90. The molecule has 8 N–H and O–H groups in total. The molecular weight excluding hydrogens is 520 g/mol. The fourth-order valence-electron chi connectivity index (χ4n) is 3.60. The Morgan fingerprint density at radius 2 is 1.07 bits per heavy atom. The van der Waals surface area contributed by atoms with Gasteiger partial charge in [0.2, 0.25) is 0 Å². The van der Waals surface area contributed by atoms with Gasteiger partial charge in [-0.3, -0.25) is 9.59 Å². The highest BCUT2D eigenvalue weighted by atomic mass is 16.5. The number of carbonyl (C=O) groups excluding carboxylic acids is 2. The Hall–Kier alpha value is -4.94. The lowest BCUT2D eigenvalue weighted by Crippen LogP contribution is -2.08. The molecule has 0 unspecified atom stereocenters. The number of aromatic amines is 2. The molecule has 12 heteroatoms. The third-order valence-corrected chi connectivity index (χ3v) is 5.10. The molecule has 0 amide bonds. The number of aromatic nitrogens is 2. The second-order valence-electron chi connectivity index (χ2n) is 8.33. The van der Waals surface area contributed by atoms with E-state index in [-0.39, 0.29) is 0 Å². The first-order valence-electron chi connectivity index (χ1n) is 12.1. The summed E-state index contributed by atoms with van der Waals surface area (Å²) in [6.45, 7) is 3.21. The molecule has 2 aromatic carbocycles. The van der Waals surface area contributed by atoms with Crippen LogP contribution in [0.15, 0.2) is 60.9 Å². The van der Waals surface area contributed by atoms with Crippen molar-refractivity contribution in [2.75, 3.05) is 13.1 Å². The number of hydrogen-bond donors (Lipinski definition) is 6. The average Bonchev–Trinajstić information content (AvgIpc) is 3.46. The predicted molar refractivity (Wildman–Crippen MR) is 149 cm³/mol. The zero-order valence-corrected chi connectivity index (χ0v) is 22.1. The van der Waals surface area contributed by atoms with Gasteiger partial charge < -0.3 is 41.1 Å². The van der Waals surface area contributed by atoms with Gasteiger partial charge in [0.15, 0.2) is 0 Å². The Labute approximate surface area is 229 Å². The maximum atomic E-state index is 12.2. The normalized spacial score (nSPS) is 10.4. The number of ether oxygens (including phenoxy) is 2. The number of fused-ring (bicyclic) bond motifs is 2. The van der Waals surface area contributed by atoms with Crippen LogP contribution in [-0.4, -0.2) is 57.1 Å². The zero-order valence-electron chi connectivity index (χ0n) is 22.1. The first-order valence-corrected chi connectivity index (χ1v) is 12.1. The van der Waals surface area contributed by atoms with Gasteiger partial charge in [0.1, 0.15) is 11.5 Å². The van der Waals surface area contributed by atoms with Crippen molar-refractivity contribution in [3.05, 3.63) is 72.1 Å². The standard InChI is InChI=1S/C24H24N4O4.2C2H4O2/c25-9-7-15-13-27-21-3-1-17(11-19(15)21)31-23(29)5-6-24(30)32-18-2-4-22-20(12-18)16(8-10-26)14-28-22;2*1-2(3)4/h1-6,11-14,27-28H,7-10,25-26H2;2*1H3,(H,3,4)/b6-5+;;. The van der Waals surface area contributed by atoms with Crippen molar-refractivity contribution < 1.29 is 38.9 Å². The van der Waals surface area contributed by atoms with Gasteiger partial charge in [-0.05, 0) is 73.5 Å². The second-order valence-corrected chi connectivity index (χ2v) is 8.33. The summed E-state index contributed by atoms with van der Waals surface area (Å²) >= 11 is 0. The van der Waals surface area contributed by atoms with E-state index in [1.165, 1.54) is 0 Å². The van der Waals surface area contributed by atoms with E-state index in [9.17, 15) is 9.59 Å². The lowest BCUT2D eigenvalue weighted by Gasteiger charge is -2.04. The van der Waals surface area contributed by atoms with E-state index in [1.807, 2.05) is 24.5 Å². The largest absolute Gasteiger partial charge is 0.481 e. The fraction of sp³-hybridized carbons (Fsp3) is 0.214. The van der Waals surface area contributed by atoms with Crippen molar-refractivity contribution in [1.29, 1.82) is 0 Å². The fourth-order valence-corrected chi connectivity index (χ4v) is 3.60. The van der Waals surface area contributed by atoms with E-state index < -0.39 is 23.9 Å². The lowest BCUT2D eigenvalue weighted by atomic mass is 10.1. The van der Waals surface area contributed by atoms with E-state index in [1.54, 1.807) is 24.3 Å². The summed E-state index contributed by atoms with van der Waals surface area (Å²) in [5.74, 6) is -2.26. The van der Waals surface area contributed by atoms with E-state index in [2.05, 4.69) is 9.97 Å². The first-order chi connectivity index (χ1) is 19.0. The van der Waals surface area contributed by atoms with E-state index in [0.717, 1.165) is 58.9 Å². The van der Waals surface area contributed by atoms with Crippen LogP contribution in [0.1, 0.15) is 25.0 Å². The Morgan fingerprint density at radius 1 is 0.725 bits per heavy atom. The summed E-state index contributed by atoms with van der Waals surface area (Å²) in [5.41, 5.74) is 15.2. The van der Waals surface area contributed by atoms with Crippen LogP contribution in [-0.2, 0) is 32.0 Å². The smallest absolute Gasteiger partial charge is 0.336 e. The molecule has 0 saturated heterocycles. The second kappa shape index (κ2) is 15.5. The van der Waals surface area contributed by atoms with Gasteiger partial charge in [-0.2, -0.15) is 0 Å². The van der Waals surface area contributed by atoms with Crippen molar-refractivity contribution >= 4 is 45.7 Å². The molecule has 2 heterocycles. The molecule has 4 rings (SSSR count). The maximum absolute atomic E-state index is 12.2. The summed E-state index contributed by atoms with van der Waals surface area (Å²) in [4.78, 5) is 48.6. The third-order valence-electron chi connectivity index (χ3n) is 5.10. The summed E-state index contributed by atoms with van der Waals surface area (Å²) in [5, 5.41) is 16.7. The van der Waals surface area contributed by atoms with Crippen LogP contribution in [0.25, 0.3) is 21.8 Å². The zero-order chi connectivity index (χ0) is 29.7. The Balaban J connectivity index is 0.000000621. The summed E-state index contributed by atoms with van der Waals surface area (Å²) < 4.78 is 10.6. The van der Waals surface area contributed by atoms with Crippen molar-refractivity contribution in [2.24, 2.45) is 11.5 Å². The van der Waals surface area contributed by atoms with Crippen molar-refractivity contribution in [3.8, 4) is 11.5 Å². The topological polar surface area (TPSA) is 211 Å². The third kappa shape index (κ3) is 10.1. The highest BCUT2D eigenvalue weighted by Gasteiger charge is 2.09. The molecule has 40 heavy (non-hydrogen) atoms. The highest BCUT2D eigenvalue weighted by molar-refractivity contribution is 5.94. The van der Waals surface area contributed by atoms with Crippen LogP contribution in [0.3, 0.4) is 0 Å². The van der Waals surface area contributed by atoms with Gasteiger partial charge in [0.05, 0.1) is 0 Å². The van der Waals surface area contributed by atoms with Crippen molar-refractivity contribution in [3.63, 3.8) is 0 Å². The van der Waals surface area contributed by atoms with Gasteiger partial charge in [0, 0.05) is 60.2 Å². The minimum absolute atomic E-state index is 0.378. The molecule has 0 fully saturated rings. The van der Waals surface area contributed by atoms with Crippen LogP contribution >= 0.6 is 0 Å². The first kappa shape index (κ1) is 31.3. The van der Waals surface area contributed by atoms with Gasteiger partial charge in [0.25, 0.3) is 11.9 Å². The maximum Gasteiger partial charge on any atom is 0.336 e. The molecule has 0 aliphatic carbocycles. The quantitative estimate of drug-likeness (QED) is 0.107. The molecule has 0 bridgehead atoms. The van der Waals surface area contributed by atoms with E-state index >= 15 is 0 Å². The van der Waals surface area contributed by atoms with E-state index in [4.69, 9.17) is 40.7 Å². The Kier molecular flexibility index (Phi) is 12.1. The number of carbonyl (C=O) groups is 4. The number of carboxylic acid groups (broad SMARTS) is 2. The minimum atomic E-state index is -0.833. The van der Waals surface area contributed by atoms with Crippen LogP contribution in [0.4, 0.5) is 0 Å². The molecule has 4 aromatic rings. The van der Waals surface area contributed by atoms with Crippen LogP contribution in [0.5, 0.6) is 11.5 Å². The van der Waals surface area contributed by atoms with Crippen molar-refractivity contribution in [2.45, 2.75) is 26.7 Å². The number of rotatable bonds is 8. The molecule has 0 radical (unpaired) electrons. The number of H-pyrrole nitrogens is 2. The molecular formula is C28H32N4O8. The minimum Gasteiger partial charge on any atom is -0.481 e. The molecule has 0 spiro atoms. The summed E-state index contributed by atoms with van der Waals surface area (Å²) in [6, 6.07) is 10.6. The Morgan fingerprint density at radius 3 is 1.40 bits per heavy atom. The van der Waals surface area contributed by atoms with Crippen molar-refractivity contribution in [1.82, 2.24) is 9.97 Å². The molecule has 0 atom stereocenters. The van der Waals surface area contributed by atoms with Gasteiger partial charge in [-0.25, -0.2) is 9.59 Å². The summed E-state index contributed by atoms with van der Waals surface area (Å²) in [6.07, 6.45) is 7.29. The molecule has 0 aliphatic heterocycles. The molecule has 2 aromatic heterocycles. The van der Waals surface area contributed by atoms with E-state index in [0.29, 0.717) is 37.4 Å². The van der Waals surface area contributed by atoms with Crippen LogP contribution in [0, 0.1) is 0 Å². The molecule has 0 saturated carbocycles. The monoisotopic (exact) mass is 552 g/mol. The van der Waals surface area contributed by atoms with Gasteiger partial charge in [-0.1, -0.05) is 0 Å². The molecule has 0 aliphatic rings. The Bertz CT molecular complexity index is 1380. The SMILES string of the molecule is CC(=O)O.CC(=O)O.NCCc1c[nH]c2ccc(OC(=O)/C=C/C(=O)Oc3ccc4[nH]cc(CCN)c4c3)cc12. The van der Waals surface area contributed by atoms with Crippen LogP contribution < -0.4 is 20.9 Å². The number of esters is 2. The van der Waals surface area contributed by atoms with Crippen LogP contribution in [0.2, 0.25) is 0 Å². The number of aliphatic carboxylic acids is 2. The molecule has 12 nitrogen and oxygen atoms in total. The highest BCUT2D eigenvalue weighted by Crippen LogP contribution is 2.25. The number of hydrogen-bond acceptors (Lipinski definition) is 8. The van der Waals surface area contributed by atoms with Gasteiger partial charge in [-0.15, -0.1) is 0 Å². The number of benzene rings is 2. The average molecular weight is 553 g/mol. The lowest BCUT2D eigenvalue weighted by molar-refractivity contribution is -0.135. The number of nitrogens with two attached hydrogens (primary N) is 2. The number of nitrogens with one attached hydrogen (secondary N) is 2. The number of carboxylic acids is 2. The molecule has 212 valence electrons. The summed E-state index contributed by atoms with van der Waals surface area (Å²) in [7, 11) is 0. The van der Waals surface area contributed by atoms with Gasteiger partial charge >= 0.3 is 11.9 Å².